The molecule has 0 aliphatic heterocycles. The molecular formula is C11H14O3S. The second-order valence-electron chi connectivity index (χ2n) is 4.18. The SMILES string of the molecule is CC(C)(C=O)CS(=O)(=O)c1ccccc1. The number of sulfone groups is 1. The van der Waals surface area contributed by atoms with Gasteiger partial charge in [-0.25, -0.2) is 8.42 Å². The summed E-state index contributed by atoms with van der Waals surface area (Å²) in [5, 5.41) is 0. The van der Waals surface area contributed by atoms with Crippen molar-refractivity contribution in [2.75, 3.05) is 5.75 Å². The summed E-state index contributed by atoms with van der Waals surface area (Å²) in [6.45, 7) is 3.22. The van der Waals surface area contributed by atoms with E-state index < -0.39 is 15.3 Å². The Morgan fingerprint density at radius 1 is 1.20 bits per heavy atom. The van der Waals surface area contributed by atoms with Crippen LogP contribution in [0.4, 0.5) is 0 Å². The van der Waals surface area contributed by atoms with Gasteiger partial charge in [0.1, 0.15) is 6.29 Å². The molecule has 0 bridgehead atoms. The van der Waals surface area contributed by atoms with Gasteiger partial charge in [0.15, 0.2) is 9.84 Å². The molecule has 0 amide bonds. The van der Waals surface area contributed by atoms with E-state index in [0.29, 0.717) is 6.29 Å². The first-order valence-electron chi connectivity index (χ1n) is 4.61. The number of carbonyl (C=O) groups excluding carboxylic acids is 1. The molecule has 0 aliphatic rings. The molecule has 0 saturated carbocycles. The normalized spacial score (nSPS) is 12.4. The average Bonchev–Trinajstić information content (AvgIpc) is 2.18. The first-order chi connectivity index (χ1) is 6.87. The van der Waals surface area contributed by atoms with E-state index in [9.17, 15) is 13.2 Å². The largest absolute Gasteiger partial charge is 0.303 e. The molecule has 0 spiro atoms. The van der Waals surface area contributed by atoms with E-state index in [1.165, 1.54) is 12.1 Å². The molecule has 1 rings (SSSR count). The van der Waals surface area contributed by atoms with Crippen molar-refractivity contribution in [3.8, 4) is 0 Å². The molecule has 1 aromatic rings. The maximum atomic E-state index is 11.8. The zero-order valence-corrected chi connectivity index (χ0v) is 9.62. The highest BCUT2D eigenvalue weighted by Gasteiger charge is 2.26. The maximum Gasteiger partial charge on any atom is 0.179 e. The summed E-state index contributed by atoms with van der Waals surface area (Å²) >= 11 is 0. The van der Waals surface area contributed by atoms with Crippen LogP contribution in [0.25, 0.3) is 0 Å². The molecule has 0 saturated heterocycles. The fraction of sp³-hybridized carbons (Fsp3) is 0.364. The topological polar surface area (TPSA) is 51.2 Å². The highest BCUT2D eigenvalue weighted by molar-refractivity contribution is 7.91. The summed E-state index contributed by atoms with van der Waals surface area (Å²) in [5.74, 6) is -0.159. The third kappa shape index (κ3) is 3.16. The Labute approximate surface area is 90.0 Å². The third-order valence-electron chi connectivity index (χ3n) is 1.98. The molecule has 82 valence electrons. The molecule has 0 unspecified atom stereocenters. The molecule has 0 heterocycles. The van der Waals surface area contributed by atoms with Crippen molar-refractivity contribution in [3.05, 3.63) is 30.3 Å². The van der Waals surface area contributed by atoms with Gasteiger partial charge < -0.3 is 4.79 Å². The van der Waals surface area contributed by atoms with Crippen LogP contribution in [0.3, 0.4) is 0 Å². The summed E-state index contributed by atoms with van der Waals surface area (Å²) in [5.41, 5.74) is -0.839. The van der Waals surface area contributed by atoms with Crippen LogP contribution >= 0.6 is 0 Å². The number of rotatable bonds is 4. The molecule has 15 heavy (non-hydrogen) atoms. The Kier molecular flexibility index (Phi) is 3.29. The first-order valence-corrected chi connectivity index (χ1v) is 6.27. The summed E-state index contributed by atoms with van der Waals surface area (Å²) in [6, 6.07) is 8.16. The summed E-state index contributed by atoms with van der Waals surface area (Å²) in [7, 11) is -3.36. The lowest BCUT2D eigenvalue weighted by Gasteiger charge is -2.16. The van der Waals surface area contributed by atoms with Crippen LogP contribution < -0.4 is 0 Å². The Balaban J connectivity index is 3.01. The van der Waals surface area contributed by atoms with Gasteiger partial charge in [0, 0.05) is 5.41 Å². The zero-order chi connectivity index (χ0) is 11.5. The lowest BCUT2D eigenvalue weighted by atomic mass is 10.00. The Hall–Kier alpha value is -1.16. The maximum absolute atomic E-state index is 11.8. The van der Waals surface area contributed by atoms with Gasteiger partial charge in [0.2, 0.25) is 0 Å². The van der Waals surface area contributed by atoms with Gasteiger partial charge in [0.05, 0.1) is 10.6 Å². The number of hydrogen-bond donors (Lipinski definition) is 0. The van der Waals surface area contributed by atoms with Gasteiger partial charge in [0.25, 0.3) is 0 Å². The van der Waals surface area contributed by atoms with Crippen LogP contribution in [0, 0.1) is 5.41 Å². The third-order valence-corrected chi connectivity index (χ3v) is 4.10. The zero-order valence-electron chi connectivity index (χ0n) is 8.80. The van der Waals surface area contributed by atoms with E-state index in [4.69, 9.17) is 0 Å². The minimum atomic E-state index is -3.36. The van der Waals surface area contributed by atoms with Gasteiger partial charge in [-0.05, 0) is 12.1 Å². The molecule has 4 heteroatoms. The lowest BCUT2D eigenvalue weighted by molar-refractivity contribution is -0.113. The van der Waals surface area contributed by atoms with Crippen molar-refractivity contribution < 1.29 is 13.2 Å². The Morgan fingerprint density at radius 2 is 1.73 bits per heavy atom. The first kappa shape index (κ1) is 11.9. The second-order valence-corrected chi connectivity index (χ2v) is 6.17. The van der Waals surface area contributed by atoms with E-state index in [1.54, 1.807) is 32.0 Å². The van der Waals surface area contributed by atoms with Crippen molar-refractivity contribution in [3.63, 3.8) is 0 Å². The number of hydrogen-bond acceptors (Lipinski definition) is 3. The molecule has 0 aromatic heterocycles. The number of benzene rings is 1. The van der Waals surface area contributed by atoms with E-state index >= 15 is 0 Å². The molecule has 0 aliphatic carbocycles. The van der Waals surface area contributed by atoms with E-state index in [-0.39, 0.29) is 10.6 Å². The summed E-state index contributed by atoms with van der Waals surface area (Å²) < 4.78 is 23.7. The lowest BCUT2D eigenvalue weighted by Crippen LogP contribution is -2.25. The van der Waals surface area contributed by atoms with Crippen LogP contribution in [0.15, 0.2) is 35.2 Å². The van der Waals surface area contributed by atoms with Crippen molar-refractivity contribution >= 4 is 16.1 Å². The Morgan fingerprint density at radius 3 is 2.20 bits per heavy atom. The fourth-order valence-electron chi connectivity index (χ4n) is 1.23. The van der Waals surface area contributed by atoms with Crippen LogP contribution in [0.1, 0.15) is 13.8 Å². The van der Waals surface area contributed by atoms with Gasteiger partial charge in [-0.3, -0.25) is 0 Å². The monoisotopic (exact) mass is 226 g/mol. The minimum absolute atomic E-state index is 0.159. The molecular weight excluding hydrogens is 212 g/mol. The van der Waals surface area contributed by atoms with Gasteiger partial charge in [-0.15, -0.1) is 0 Å². The molecule has 0 radical (unpaired) electrons. The van der Waals surface area contributed by atoms with Crippen molar-refractivity contribution in [2.45, 2.75) is 18.7 Å². The van der Waals surface area contributed by atoms with E-state index in [1.807, 2.05) is 0 Å². The number of aldehydes is 1. The average molecular weight is 226 g/mol. The van der Waals surface area contributed by atoms with Crippen molar-refractivity contribution in [1.82, 2.24) is 0 Å². The highest BCUT2D eigenvalue weighted by Crippen LogP contribution is 2.20. The predicted molar refractivity (Wildman–Crippen MR) is 58.3 cm³/mol. The molecule has 0 fully saturated rings. The van der Waals surface area contributed by atoms with E-state index in [0.717, 1.165) is 0 Å². The van der Waals surface area contributed by atoms with Crippen LogP contribution in [-0.2, 0) is 14.6 Å². The molecule has 1 aromatic carbocycles. The smallest absolute Gasteiger partial charge is 0.179 e. The highest BCUT2D eigenvalue weighted by atomic mass is 32.2. The van der Waals surface area contributed by atoms with Gasteiger partial charge >= 0.3 is 0 Å². The predicted octanol–water partition coefficient (Wildman–Crippen LogP) is 1.69. The summed E-state index contributed by atoms with van der Waals surface area (Å²) in [4.78, 5) is 10.9. The van der Waals surface area contributed by atoms with E-state index in [2.05, 4.69) is 0 Å². The van der Waals surface area contributed by atoms with Crippen molar-refractivity contribution in [2.24, 2.45) is 5.41 Å². The van der Waals surface area contributed by atoms with Gasteiger partial charge in [-0.2, -0.15) is 0 Å². The van der Waals surface area contributed by atoms with Crippen LogP contribution in [0.2, 0.25) is 0 Å². The Bertz CT molecular complexity index is 432. The number of carbonyl (C=O) groups is 1. The fourth-order valence-corrected chi connectivity index (χ4v) is 3.02. The standard InChI is InChI=1S/C11H14O3S/c1-11(2,8-12)9-15(13,14)10-6-4-3-5-7-10/h3-8H,9H2,1-2H3. The molecule has 0 atom stereocenters. The van der Waals surface area contributed by atoms with Crippen LogP contribution in [0.5, 0.6) is 0 Å². The second kappa shape index (κ2) is 4.14. The molecule has 3 nitrogen and oxygen atoms in total. The molecule has 0 N–H and O–H groups in total. The summed E-state index contributed by atoms with van der Waals surface area (Å²) in [6.07, 6.45) is 0.674. The van der Waals surface area contributed by atoms with Crippen molar-refractivity contribution in [1.29, 1.82) is 0 Å². The quantitative estimate of drug-likeness (QED) is 0.734. The van der Waals surface area contributed by atoms with Crippen LogP contribution in [-0.4, -0.2) is 20.5 Å². The minimum Gasteiger partial charge on any atom is -0.303 e. The van der Waals surface area contributed by atoms with Gasteiger partial charge in [-0.1, -0.05) is 32.0 Å².